The lowest BCUT2D eigenvalue weighted by molar-refractivity contribution is 0.654. The first-order valence-corrected chi connectivity index (χ1v) is 4.91. The summed E-state index contributed by atoms with van der Waals surface area (Å²) in [6.45, 7) is 0. The third kappa shape index (κ3) is 1.07. The zero-order valence-electron chi connectivity index (χ0n) is 5.66. The van der Waals surface area contributed by atoms with Crippen molar-refractivity contribution in [2.24, 2.45) is 0 Å². The van der Waals surface area contributed by atoms with E-state index < -0.39 is 11.2 Å². The minimum atomic E-state index is -1.22. The molecule has 3 heteroatoms. The van der Waals surface area contributed by atoms with E-state index in [1.165, 1.54) is 0 Å². The van der Waals surface area contributed by atoms with E-state index in [-0.39, 0.29) is 0 Å². The second-order valence-corrected chi connectivity index (χ2v) is 4.60. The number of thiol groups is 1. The predicted molar refractivity (Wildman–Crippen MR) is 50.2 cm³/mol. The predicted octanol–water partition coefficient (Wildman–Crippen LogP) is 3.07. The van der Waals surface area contributed by atoms with E-state index in [0.717, 1.165) is 10.5 Å². The van der Waals surface area contributed by atoms with Crippen molar-refractivity contribution in [2.75, 3.05) is 0 Å². The summed E-state index contributed by atoms with van der Waals surface area (Å²) >= 11 is 4.55. The molecule has 0 aliphatic carbocycles. The van der Waals surface area contributed by atoms with Crippen LogP contribution in [0.2, 0.25) is 0 Å². The van der Waals surface area contributed by atoms with Gasteiger partial charge in [-0.3, -0.25) is 0 Å². The van der Waals surface area contributed by atoms with E-state index in [1.807, 2.05) is 30.3 Å². The second kappa shape index (κ2) is 2.55. The Bertz CT molecular complexity index is 322. The number of hydrogen-bond donors (Lipinski definition) is 2. The van der Waals surface area contributed by atoms with E-state index in [0.29, 0.717) is 4.36 Å². The van der Waals surface area contributed by atoms with Crippen LogP contribution in [0.3, 0.4) is 0 Å². The van der Waals surface area contributed by atoms with Crippen molar-refractivity contribution in [3.63, 3.8) is 0 Å². The van der Waals surface area contributed by atoms with Crippen LogP contribution in [0.25, 0.3) is 6.08 Å². The fourth-order valence-corrected chi connectivity index (χ4v) is 2.60. The lowest BCUT2D eigenvalue weighted by Gasteiger charge is -2.07. The summed E-state index contributed by atoms with van der Waals surface area (Å²) in [5, 5.41) is 0. The fourth-order valence-electron chi connectivity index (χ4n) is 1.11. The minimum Gasteiger partial charge on any atom is -0.345 e. The van der Waals surface area contributed by atoms with Gasteiger partial charge in [0, 0.05) is 4.90 Å². The van der Waals surface area contributed by atoms with Crippen LogP contribution in [0.1, 0.15) is 5.56 Å². The standard InChI is InChI=1S/C8H7ClOS/c9-8-5-6-3-1-2-4-7(6)11(8)10/h1-5,10-11H. The van der Waals surface area contributed by atoms with E-state index in [4.69, 9.17) is 11.6 Å². The van der Waals surface area contributed by atoms with Gasteiger partial charge in [0.2, 0.25) is 0 Å². The van der Waals surface area contributed by atoms with Crippen LogP contribution in [-0.4, -0.2) is 4.55 Å². The maximum Gasteiger partial charge on any atom is 0.0807 e. The highest BCUT2D eigenvalue weighted by Crippen LogP contribution is 2.50. The minimum absolute atomic E-state index is 0.571. The third-order valence-electron chi connectivity index (χ3n) is 1.64. The van der Waals surface area contributed by atoms with Crippen LogP contribution in [0, 0.1) is 0 Å². The average molecular weight is 187 g/mol. The smallest absolute Gasteiger partial charge is 0.0807 e. The fraction of sp³-hybridized carbons (Fsp3) is 0. The highest BCUT2D eigenvalue weighted by molar-refractivity contribution is 8.17. The van der Waals surface area contributed by atoms with Gasteiger partial charge in [-0.15, -0.1) is 0 Å². The normalized spacial score (nSPS) is 24.5. The van der Waals surface area contributed by atoms with Crippen LogP contribution < -0.4 is 0 Å². The topological polar surface area (TPSA) is 20.2 Å². The van der Waals surface area contributed by atoms with Crippen molar-refractivity contribution in [1.29, 1.82) is 0 Å². The lowest BCUT2D eigenvalue weighted by Crippen LogP contribution is -1.76. The Morgan fingerprint density at radius 2 is 2.00 bits per heavy atom. The van der Waals surface area contributed by atoms with Crippen molar-refractivity contribution in [3.8, 4) is 0 Å². The Morgan fingerprint density at radius 1 is 1.27 bits per heavy atom. The molecule has 0 fully saturated rings. The monoisotopic (exact) mass is 186 g/mol. The summed E-state index contributed by atoms with van der Waals surface area (Å²) in [6.07, 6.45) is 1.82. The molecule has 1 nitrogen and oxygen atoms in total. The SMILES string of the molecule is O[SH]1C(Cl)=Cc2ccccc21. The molecular weight excluding hydrogens is 180 g/mol. The molecule has 1 unspecified atom stereocenters. The van der Waals surface area contributed by atoms with Gasteiger partial charge in [0.05, 0.1) is 4.36 Å². The molecule has 1 N–H and O–H groups in total. The van der Waals surface area contributed by atoms with Gasteiger partial charge in [0.15, 0.2) is 0 Å². The zero-order valence-corrected chi connectivity index (χ0v) is 7.31. The van der Waals surface area contributed by atoms with Gasteiger partial charge in [-0.25, -0.2) is 0 Å². The zero-order chi connectivity index (χ0) is 7.84. The first kappa shape index (κ1) is 7.22. The van der Waals surface area contributed by atoms with E-state index in [2.05, 4.69) is 0 Å². The van der Waals surface area contributed by atoms with Gasteiger partial charge in [0.25, 0.3) is 0 Å². The van der Waals surface area contributed by atoms with Gasteiger partial charge in [-0.05, 0) is 17.7 Å². The Kier molecular flexibility index (Phi) is 1.68. The van der Waals surface area contributed by atoms with Crippen LogP contribution in [0.15, 0.2) is 33.5 Å². The number of halogens is 1. The van der Waals surface area contributed by atoms with E-state index in [1.54, 1.807) is 0 Å². The maximum atomic E-state index is 9.51. The highest BCUT2D eigenvalue weighted by atomic mass is 35.5. The molecule has 1 aromatic carbocycles. The molecule has 0 amide bonds. The molecule has 0 saturated carbocycles. The first-order chi connectivity index (χ1) is 5.29. The molecule has 1 heterocycles. The summed E-state index contributed by atoms with van der Waals surface area (Å²) < 4.78 is 10.1. The molecule has 58 valence electrons. The summed E-state index contributed by atoms with van der Waals surface area (Å²) in [5.74, 6) is 0. The van der Waals surface area contributed by atoms with Crippen molar-refractivity contribution < 1.29 is 4.55 Å². The quantitative estimate of drug-likeness (QED) is 0.597. The van der Waals surface area contributed by atoms with Crippen LogP contribution in [0.4, 0.5) is 0 Å². The van der Waals surface area contributed by atoms with Gasteiger partial charge in [-0.2, -0.15) is 0 Å². The van der Waals surface area contributed by atoms with Crippen molar-refractivity contribution >= 4 is 28.9 Å². The number of hydrogen-bond acceptors (Lipinski definition) is 1. The summed E-state index contributed by atoms with van der Waals surface area (Å²) in [6, 6.07) is 7.71. The van der Waals surface area contributed by atoms with Gasteiger partial charge >= 0.3 is 0 Å². The average Bonchev–Trinajstić information content (AvgIpc) is 2.30. The molecule has 0 aromatic heterocycles. The van der Waals surface area contributed by atoms with E-state index >= 15 is 0 Å². The number of benzene rings is 1. The molecule has 0 radical (unpaired) electrons. The molecule has 1 aliphatic heterocycles. The highest BCUT2D eigenvalue weighted by Gasteiger charge is 2.16. The molecule has 1 atom stereocenters. The molecular formula is C8H7ClOS. The first-order valence-electron chi connectivity index (χ1n) is 3.24. The van der Waals surface area contributed by atoms with Crippen molar-refractivity contribution in [1.82, 2.24) is 0 Å². The molecule has 2 rings (SSSR count). The Balaban J connectivity index is 2.58. The summed E-state index contributed by atoms with van der Waals surface area (Å²) in [4.78, 5) is 0.965. The lowest BCUT2D eigenvalue weighted by atomic mass is 10.2. The molecule has 0 spiro atoms. The van der Waals surface area contributed by atoms with Gasteiger partial charge < -0.3 is 4.55 Å². The van der Waals surface area contributed by atoms with Crippen LogP contribution in [0.5, 0.6) is 0 Å². The molecule has 1 aliphatic rings. The van der Waals surface area contributed by atoms with Gasteiger partial charge in [-0.1, -0.05) is 41.0 Å². The van der Waals surface area contributed by atoms with Crippen molar-refractivity contribution in [3.05, 3.63) is 34.2 Å². The maximum absolute atomic E-state index is 9.51. The molecule has 0 saturated heterocycles. The number of rotatable bonds is 0. The summed E-state index contributed by atoms with van der Waals surface area (Å²) in [5.41, 5.74) is 1.05. The Labute approximate surface area is 72.9 Å². The van der Waals surface area contributed by atoms with E-state index in [9.17, 15) is 4.55 Å². The van der Waals surface area contributed by atoms with Crippen LogP contribution in [-0.2, 0) is 0 Å². The molecule has 1 aromatic rings. The summed E-state index contributed by atoms with van der Waals surface area (Å²) in [7, 11) is 0. The van der Waals surface area contributed by atoms with Crippen LogP contribution >= 0.6 is 22.8 Å². The number of fused-ring (bicyclic) bond motifs is 1. The Morgan fingerprint density at radius 3 is 2.73 bits per heavy atom. The Hall–Kier alpha value is -0.440. The van der Waals surface area contributed by atoms with Gasteiger partial charge in [0.1, 0.15) is 0 Å². The largest absolute Gasteiger partial charge is 0.345 e. The molecule has 0 bridgehead atoms. The third-order valence-corrected chi connectivity index (χ3v) is 3.63. The molecule has 11 heavy (non-hydrogen) atoms. The second-order valence-electron chi connectivity index (χ2n) is 2.34. The van der Waals surface area contributed by atoms with Crippen molar-refractivity contribution in [2.45, 2.75) is 4.90 Å².